The summed E-state index contributed by atoms with van der Waals surface area (Å²) < 4.78 is 0. The van der Waals surface area contributed by atoms with Crippen molar-refractivity contribution in [3.8, 4) is 15.8 Å². The zero-order valence-corrected chi connectivity index (χ0v) is 12.4. The first-order valence-electron chi connectivity index (χ1n) is 6.52. The van der Waals surface area contributed by atoms with E-state index in [1.54, 1.807) is 11.3 Å². The summed E-state index contributed by atoms with van der Waals surface area (Å²) in [4.78, 5) is 13.6. The van der Waals surface area contributed by atoms with E-state index >= 15 is 0 Å². The largest absolute Gasteiger partial charge is 0.293 e. The van der Waals surface area contributed by atoms with Gasteiger partial charge in [0.25, 0.3) is 0 Å². The summed E-state index contributed by atoms with van der Waals surface area (Å²) in [5.41, 5.74) is 1.84. The molecule has 1 aliphatic rings. The third kappa shape index (κ3) is 2.79. The Bertz CT molecular complexity index is 636. The Hall–Kier alpha value is -1.57. The van der Waals surface area contributed by atoms with E-state index in [9.17, 15) is 4.79 Å². The molecule has 1 fully saturated rings. The molecule has 1 aromatic carbocycles. The van der Waals surface area contributed by atoms with Crippen molar-refractivity contribution in [2.45, 2.75) is 18.1 Å². The summed E-state index contributed by atoms with van der Waals surface area (Å²) in [5.74, 6) is 0.487. The Morgan fingerprint density at radius 1 is 1.30 bits per heavy atom. The smallest absolute Gasteiger partial charge is 0.177 e. The second-order valence-electron chi connectivity index (χ2n) is 4.89. The Labute approximate surface area is 126 Å². The third-order valence-corrected chi connectivity index (χ3v) is 5.34. The van der Waals surface area contributed by atoms with Gasteiger partial charge in [-0.15, -0.1) is 11.3 Å². The number of Topliss-reactive ketones (excluding diaryl/α,β-unsaturated/α-hetero) is 1. The molecule has 0 saturated heterocycles. The molecule has 20 heavy (non-hydrogen) atoms. The Balaban J connectivity index is 1.80. The molecule has 2 aromatic rings. The van der Waals surface area contributed by atoms with Crippen LogP contribution in [0.1, 0.15) is 23.2 Å². The number of thioether (sulfide) groups is 1. The molecule has 100 valence electrons. The van der Waals surface area contributed by atoms with Crippen LogP contribution in [-0.4, -0.2) is 11.0 Å². The normalized spacial score (nSPS) is 15.6. The van der Waals surface area contributed by atoms with E-state index in [0.717, 1.165) is 30.2 Å². The summed E-state index contributed by atoms with van der Waals surface area (Å²) in [5, 5.41) is 12.8. The number of hydrogen-bond donors (Lipinski definition) is 0. The molecule has 1 saturated carbocycles. The average Bonchev–Trinajstić information content (AvgIpc) is 3.17. The van der Waals surface area contributed by atoms with Crippen molar-refractivity contribution >= 4 is 28.9 Å². The first-order chi connectivity index (χ1) is 9.79. The van der Waals surface area contributed by atoms with Gasteiger partial charge in [-0.25, -0.2) is 0 Å². The lowest BCUT2D eigenvalue weighted by atomic mass is 10.0. The second-order valence-corrected chi connectivity index (χ2v) is 6.76. The molecule has 0 aliphatic heterocycles. The van der Waals surface area contributed by atoms with Crippen LogP contribution in [0.15, 0.2) is 41.8 Å². The predicted octanol–water partition coefficient (Wildman–Crippen LogP) is 4.59. The molecule has 1 aliphatic carbocycles. The molecule has 0 amide bonds. The maximum atomic E-state index is 12.4. The van der Waals surface area contributed by atoms with Gasteiger partial charge < -0.3 is 0 Å². The van der Waals surface area contributed by atoms with Gasteiger partial charge in [-0.2, -0.15) is 5.26 Å². The summed E-state index contributed by atoms with van der Waals surface area (Å²) in [6.07, 6.45) is 2.14. The fraction of sp³-hybridized carbons (Fsp3) is 0.250. The number of carbonyl (C=O) groups excluding carboxylic acids is 1. The molecule has 1 aromatic heterocycles. The highest BCUT2D eigenvalue weighted by Gasteiger charge is 2.37. The summed E-state index contributed by atoms with van der Waals surface area (Å²) in [6.45, 7) is 0. The first-order valence-corrected chi connectivity index (χ1v) is 8.28. The number of rotatable bonds is 5. The fourth-order valence-electron chi connectivity index (χ4n) is 2.23. The van der Waals surface area contributed by atoms with Crippen molar-refractivity contribution in [3.05, 3.63) is 47.3 Å². The molecule has 0 spiro atoms. The second kappa shape index (κ2) is 5.82. The molecule has 0 N–H and O–H groups in total. The minimum Gasteiger partial charge on any atom is -0.293 e. The molecule has 1 atom stereocenters. The van der Waals surface area contributed by atoms with E-state index in [0.29, 0.717) is 11.5 Å². The van der Waals surface area contributed by atoms with E-state index < -0.39 is 0 Å². The molecule has 0 bridgehead atoms. The van der Waals surface area contributed by atoms with Crippen molar-refractivity contribution in [2.75, 3.05) is 0 Å². The zero-order valence-electron chi connectivity index (χ0n) is 10.8. The first kappa shape index (κ1) is 13.4. The van der Waals surface area contributed by atoms with Crippen LogP contribution in [0.2, 0.25) is 0 Å². The number of hydrogen-bond acceptors (Lipinski definition) is 4. The Kier molecular flexibility index (Phi) is 3.90. The fourth-order valence-corrected chi connectivity index (χ4v) is 3.78. The summed E-state index contributed by atoms with van der Waals surface area (Å²) in [7, 11) is 0. The highest BCUT2D eigenvalue weighted by atomic mass is 32.2. The van der Waals surface area contributed by atoms with Crippen LogP contribution in [0.4, 0.5) is 0 Å². The topological polar surface area (TPSA) is 40.9 Å². The van der Waals surface area contributed by atoms with Crippen molar-refractivity contribution in [2.24, 2.45) is 5.92 Å². The van der Waals surface area contributed by atoms with E-state index in [1.165, 1.54) is 4.88 Å². The third-order valence-electron chi connectivity index (χ3n) is 3.46. The molecular formula is C16H13NOS2. The summed E-state index contributed by atoms with van der Waals surface area (Å²) >= 11 is 2.80. The zero-order chi connectivity index (χ0) is 13.9. The quantitative estimate of drug-likeness (QED) is 0.599. The van der Waals surface area contributed by atoms with E-state index in [2.05, 4.69) is 11.5 Å². The molecule has 1 heterocycles. The van der Waals surface area contributed by atoms with Crippen LogP contribution in [0.5, 0.6) is 0 Å². The highest BCUT2D eigenvalue weighted by molar-refractivity contribution is 8.05. The lowest BCUT2D eigenvalue weighted by Crippen LogP contribution is -2.19. The standard InChI is InChI=1S/C16H13NOS2/c17-10-20-16(13-7-8-13)15(18)12-5-3-11(4-6-12)14-2-1-9-19-14/h1-6,9,13,16H,7-8H2. The summed E-state index contributed by atoms with van der Waals surface area (Å²) in [6, 6.07) is 11.8. The van der Waals surface area contributed by atoms with Gasteiger partial charge in [-0.1, -0.05) is 30.3 Å². The lowest BCUT2D eigenvalue weighted by Gasteiger charge is -2.10. The number of carbonyl (C=O) groups is 1. The van der Waals surface area contributed by atoms with Crippen LogP contribution in [0, 0.1) is 16.6 Å². The SMILES string of the molecule is N#CSC(C(=O)c1ccc(-c2cccs2)cc1)C1CC1. The average molecular weight is 299 g/mol. The molecule has 4 heteroatoms. The van der Waals surface area contributed by atoms with E-state index in [-0.39, 0.29) is 11.0 Å². The molecule has 3 rings (SSSR count). The van der Waals surface area contributed by atoms with Gasteiger partial charge in [-0.3, -0.25) is 4.79 Å². The number of thiophene rings is 1. The van der Waals surface area contributed by atoms with Gasteiger partial charge >= 0.3 is 0 Å². The molecular weight excluding hydrogens is 286 g/mol. The van der Waals surface area contributed by atoms with Crippen molar-refractivity contribution < 1.29 is 4.79 Å². The van der Waals surface area contributed by atoms with Crippen LogP contribution in [0.3, 0.4) is 0 Å². The number of thiocyanates is 1. The van der Waals surface area contributed by atoms with Crippen LogP contribution < -0.4 is 0 Å². The molecule has 0 radical (unpaired) electrons. The number of nitrogens with zero attached hydrogens (tertiary/aromatic N) is 1. The van der Waals surface area contributed by atoms with Gasteiger partial charge in [0.05, 0.1) is 5.25 Å². The van der Waals surface area contributed by atoms with Gasteiger partial charge in [-0.05, 0) is 47.5 Å². The maximum absolute atomic E-state index is 12.4. The van der Waals surface area contributed by atoms with Crippen molar-refractivity contribution in [3.63, 3.8) is 0 Å². The minimum atomic E-state index is -0.187. The Morgan fingerprint density at radius 3 is 2.60 bits per heavy atom. The van der Waals surface area contributed by atoms with Crippen molar-refractivity contribution in [1.29, 1.82) is 5.26 Å². The van der Waals surface area contributed by atoms with Gasteiger partial charge in [0.15, 0.2) is 5.78 Å². The van der Waals surface area contributed by atoms with Crippen LogP contribution in [0.25, 0.3) is 10.4 Å². The maximum Gasteiger partial charge on any atom is 0.177 e. The van der Waals surface area contributed by atoms with Crippen molar-refractivity contribution in [1.82, 2.24) is 0 Å². The Morgan fingerprint density at radius 2 is 2.05 bits per heavy atom. The van der Waals surface area contributed by atoms with Gasteiger partial charge in [0, 0.05) is 10.4 Å². The molecule has 2 nitrogen and oxygen atoms in total. The minimum absolute atomic E-state index is 0.0942. The van der Waals surface area contributed by atoms with E-state index in [1.807, 2.05) is 35.7 Å². The van der Waals surface area contributed by atoms with E-state index in [4.69, 9.17) is 5.26 Å². The van der Waals surface area contributed by atoms with Crippen LogP contribution in [-0.2, 0) is 0 Å². The van der Waals surface area contributed by atoms with Gasteiger partial charge in [0.1, 0.15) is 5.40 Å². The highest BCUT2D eigenvalue weighted by Crippen LogP contribution is 2.40. The molecule has 1 unspecified atom stereocenters. The lowest BCUT2D eigenvalue weighted by molar-refractivity contribution is 0.0983. The van der Waals surface area contributed by atoms with Crippen LogP contribution >= 0.6 is 23.1 Å². The predicted molar refractivity (Wildman–Crippen MR) is 83.8 cm³/mol. The number of nitriles is 1. The monoisotopic (exact) mass is 299 g/mol. The van der Waals surface area contributed by atoms with Gasteiger partial charge in [0.2, 0.25) is 0 Å². The number of ketones is 1. The number of benzene rings is 1.